The molecule has 0 amide bonds. The van der Waals surface area contributed by atoms with Crippen LogP contribution in [0.4, 0.5) is 0 Å². The molecular formula is C16H17NO3. The van der Waals surface area contributed by atoms with Gasteiger partial charge in [0.25, 0.3) is 0 Å². The molecule has 104 valence electrons. The van der Waals surface area contributed by atoms with Gasteiger partial charge in [0, 0.05) is 24.4 Å². The van der Waals surface area contributed by atoms with Gasteiger partial charge in [-0.3, -0.25) is 4.79 Å². The van der Waals surface area contributed by atoms with E-state index in [4.69, 9.17) is 5.11 Å². The Morgan fingerprint density at radius 2 is 1.70 bits per heavy atom. The zero-order chi connectivity index (χ0) is 14.9. The Morgan fingerprint density at radius 1 is 1.10 bits per heavy atom. The molecule has 0 atom stereocenters. The first kappa shape index (κ1) is 14.1. The number of benzene rings is 1. The molecule has 0 fully saturated rings. The fourth-order valence-corrected chi connectivity index (χ4v) is 2.09. The Labute approximate surface area is 117 Å². The Balaban J connectivity index is 2.31. The number of nitrogens with zero attached hydrogens (tertiary/aromatic N) is 1. The molecule has 0 spiro atoms. The summed E-state index contributed by atoms with van der Waals surface area (Å²) in [5.74, 6) is -0.792. The van der Waals surface area contributed by atoms with Crippen LogP contribution >= 0.6 is 0 Å². The molecular weight excluding hydrogens is 254 g/mol. The van der Waals surface area contributed by atoms with Crippen molar-refractivity contribution in [2.45, 2.75) is 19.8 Å². The molecule has 0 bridgehead atoms. The van der Waals surface area contributed by atoms with Gasteiger partial charge in [-0.05, 0) is 17.5 Å². The molecule has 2 rings (SSSR count). The van der Waals surface area contributed by atoms with Crippen LogP contribution in [0, 0.1) is 0 Å². The van der Waals surface area contributed by atoms with Gasteiger partial charge in [0.2, 0.25) is 0 Å². The number of aromatic carboxylic acids is 1. The molecule has 1 N–H and O–H groups in total. The summed E-state index contributed by atoms with van der Waals surface area (Å²) in [5, 5.41) is 9.00. The average molecular weight is 271 g/mol. The third kappa shape index (κ3) is 2.64. The van der Waals surface area contributed by atoms with E-state index in [2.05, 4.69) is 13.8 Å². The van der Waals surface area contributed by atoms with Crippen molar-refractivity contribution in [1.82, 2.24) is 4.57 Å². The van der Waals surface area contributed by atoms with Gasteiger partial charge >= 0.3 is 5.97 Å². The van der Waals surface area contributed by atoms with Crippen molar-refractivity contribution in [1.29, 1.82) is 0 Å². The third-order valence-corrected chi connectivity index (χ3v) is 3.33. The Bertz CT molecular complexity index is 651. The summed E-state index contributed by atoms with van der Waals surface area (Å²) >= 11 is 0. The van der Waals surface area contributed by atoms with Crippen molar-refractivity contribution < 1.29 is 14.7 Å². The van der Waals surface area contributed by atoms with E-state index in [1.165, 1.54) is 16.2 Å². The van der Waals surface area contributed by atoms with Crippen LogP contribution in [0.2, 0.25) is 0 Å². The number of ketones is 1. The minimum absolute atomic E-state index is 0.104. The third-order valence-electron chi connectivity index (χ3n) is 3.33. The normalized spacial score (nSPS) is 10.8. The van der Waals surface area contributed by atoms with Crippen LogP contribution < -0.4 is 0 Å². The number of carboxylic acid groups (broad SMARTS) is 1. The SMILES string of the molecule is CC(C)c1ccc(C(=O)c2cc(C(=O)O)n(C)c2)cc1. The molecule has 0 saturated heterocycles. The number of carboxylic acids is 1. The quantitative estimate of drug-likeness (QED) is 0.869. The minimum atomic E-state index is -1.04. The predicted octanol–water partition coefficient (Wildman–Crippen LogP) is 3.08. The van der Waals surface area contributed by atoms with E-state index in [0.29, 0.717) is 17.0 Å². The van der Waals surface area contributed by atoms with Gasteiger partial charge in [0.1, 0.15) is 5.69 Å². The van der Waals surface area contributed by atoms with Crippen LogP contribution in [-0.2, 0) is 7.05 Å². The van der Waals surface area contributed by atoms with Crippen molar-refractivity contribution in [3.05, 3.63) is 58.9 Å². The molecule has 0 aliphatic heterocycles. The molecule has 0 unspecified atom stereocenters. The van der Waals surface area contributed by atoms with Crippen molar-refractivity contribution in [3.63, 3.8) is 0 Å². The summed E-state index contributed by atoms with van der Waals surface area (Å²) in [7, 11) is 1.61. The van der Waals surface area contributed by atoms with Crippen LogP contribution in [0.5, 0.6) is 0 Å². The van der Waals surface area contributed by atoms with Gasteiger partial charge in [-0.2, -0.15) is 0 Å². The fraction of sp³-hybridized carbons (Fsp3) is 0.250. The van der Waals surface area contributed by atoms with Crippen LogP contribution in [0.25, 0.3) is 0 Å². The maximum absolute atomic E-state index is 12.3. The van der Waals surface area contributed by atoms with Crippen molar-refractivity contribution in [2.24, 2.45) is 7.05 Å². The van der Waals surface area contributed by atoms with Crippen LogP contribution in [-0.4, -0.2) is 21.4 Å². The second-order valence-electron chi connectivity index (χ2n) is 5.14. The van der Waals surface area contributed by atoms with E-state index >= 15 is 0 Å². The topological polar surface area (TPSA) is 59.3 Å². The van der Waals surface area contributed by atoms with E-state index in [1.807, 2.05) is 12.1 Å². The van der Waals surface area contributed by atoms with E-state index < -0.39 is 5.97 Å². The van der Waals surface area contributed by atoms with Gasteiger partial charge in [-0.25, -0.2) is 4.79 Å². The van der Waals surface area contributed by atoms with Crippen LogP contribution in [0.3, 0.4) is 0 Å². The maximum Gasteiger partial charge on any atom is 0.352 e. The molecule has 0 aliphatic rings. The average Bonchev–Trinajstić information content (AvgIpc) is 2.80. The summed E-state index contributed by atoms with van der Waals surface area (Å²) in [6.45, 7) is 4.18. The fourth-order valence-electron chi connectivity index (χ4n) is 2.09. The Kier molecular flexibility index (Phi) is 3.74. The molecule has 20 heavy (non-hydrogen) atoms. The van der Waals surface area contributed by atoms with Crippen molar-refractivity contribution in [3.8, 4) is 0 Å². The van der Waals surface area contributed by atoms with E-state index in [1.54, 1.807) is 25.4 Å². The molecule has 4 heteroatoms. The highest BCUT2D eigenvalue weighted by molar-refractivity contribution is 6.09. The summed E-state index contributed by atoms with van der Waals surface area (Å²) < 4.78 is 1.44. The van der Waals surface area contributed by atoms with Crippen LogP contribution in [0.1, 0.15) is 51.7 Å². The van der Waals surface area contributed by atoms with Gasteiger partial charge in [0.05, 0.1) is 0 Å². The molecule has 0 aliphatic carbocycles. The van der Waals surface area contributed by atoms with E-state index in [-0.39, 0.29) is 11.5 Å². The lowest BCUT2D eigenvalue weighted by molar-refractivity contribution is 0.0686. The van der Waals surface area contributed by atoms with Gasteiger partial charge in [0.15, 0.2) is 5.78 Å². The molecule has 0 saturated carbocycles. The monoisotopic (exact) mass is 271 g/mol. The summed E-state index contributed by atoms with van der Waals surface area (Å²) in [6.07, 6.45) is 1.54. The number of hydrogen-bond donors (Lipinski definition) is 1. The van der Waals surface area contributed by atoms with Gasteiger partial charge in [-0.1, -0.05) is 38.1 Å². The largest absolute Gasteiger partial charge is 0.477 e. The lowest BCUT2D eigenvalue weighted by atomic mass is 9.99. The van der Waals surface area contributed by atoms with Crippen LogP contribution in [0.15, 0.2) is 36.5 Å². The zero-order valence-corrected chi connectivity index (χ0v) is 11.8. The Morgan fingerprint density at radius 3 is 2.15 bits per heavy atom. The maximum atomic E-state index is 12.3. The first-order chi connectivity index (χ1) is 9.40. The highest BCUT2D eigenvalue weighted by atomic mass is 16.4. The van der Waals surface area contributed by atoms with Gasteiger partial charge < -0.3 is 9.67 Å². The predicted molar refractivity (Wildman–Crippen MR) is 76.3 cm³/mol. The lowest BCUT2D eigenvalue weighted by Gasteiger charge is -2.05. The van der Waals surface area contributed by atoms with Crippen molar-refractivity contribution >= 4 is 11.8 Å². The molecule has 1 aromatic heterocycles. The second kappa shape index (κ2) is 5.33. The smallest absolute Gasteiger partial charge is 0.352 e. The number of aryl methyl sites for hydroxylation is 1. The lowest BCUT2D eigenvalue weighted by Crippen LogP contribution is -2.02. The first-order valence-corrected chi connectivity index (χ1v) is 6.44. The van der Waals surface area contributed by atoms with E-state index in [9.17, 15) is 9.59 Å². The highest BCUT2D eigenvalue weighted by Gasteiger charge is 2.16. The molecule has 0 radical (unpaired) electrons. The highest BCUT2D eigenvalue weighted by Crippen LogP contribution is 2.18. The molecule has 1 heterocycles. The zero-order valence-electron chi connectivity index (χ0n) is 11.8. The summed E-state index contributed by atoms with van der Waals surface area (Å²) in [5.41, 5.74) is 2.23. The number of carbonyl (C=O) groups is 2. The summed E-state index contributed by atoms with van der Waals surface area (Å²) in [4.78, 5) is 23.3. The first-order valence-electron chi connectivity index (χ1n) is 6.44. The number of aromatic nitrogens is 1. The standard InChI is InChI=1S/C16H17NO3/c1-10(2)11-4-6-12(7-5-11)15(18)13-8-14(16(19)20)17(3)9-13/h4-10H,1-3H3,(H,19,20). The molecule has 2 aromatic rings. The molecule has 4 nitrogen and oxygen atoms in total. The number of rotatable bonds is 4. The van der Waals surface area contributed by atoms with Crippen molar-refractivity contribution in [2.75, 3.05) is 0 Å². The Hall–Kier alpha value is -2.36. The molecule has 1 aromatic carbocycles. The number of carbonyl (C=O) groups excluding carboxylic acids is 1. The van der Waals surface area contributed by atoms with E-state index in [0.717, 1.165) is 0 Å². The second-order valence-corrected chi connectivity index (χ2v) is 5.14. The number of hydrogen-bond acceptors (Lipinski definition) is 2. The summed E-state index contributed by atoms with van der Waals surface area (Å²) in [6, 6.07) is 8.83. The van der Waals surface area contributed by atoms with Gasteiger partial charge in [-0.15, -0.1) is 0 Å². The minimum Gasteiger partial charge on any atom is -0.477 e.